The van der Waals surface area contributed by atoms with Gasteiger partial charge in [-0.2, -0.15) is 21.6 Å². The molecule has 1 aliphatic heterocycles. The van der Waals surface area contributed by atoms with E-state index < -0.39 is 46.2 Å². The molecule has 1 heterocycles. The lowest BCUT2D eigenvalue weighted by atomic mass is 10.0. The van der Waals surface area contributed by atoms with Crippen LogP contribution in [0.1, 0.15) is 23.7 Å². The maximum atomic E-state index is 12.6. The molecule has 0 unspecified atom stereocenters. The van der Waals surface area contributed by atoms with Crippen LogP contribution in [-0.4, -0.2) is 51.6 Å². The van der Waals surface area contributed by atoms with E-state index in [-0.39, 0.29) is 12.0 Å². The summed E-state index contributed by atoms with van der Waals surface area (Å²) in [6.07, 6.45) is -5.35. The number of halogens is 3. The van der Waals surface area contributed by atoms with Crippen molar-refractivity contribution >= 4 is 16.1 Å². The van der Waals surface area contributed by atoms with Gasteiger partial charge in [-0.1, -0.05) is 18.2 Å². The summed E-state index contributed by atoms with van der Waals surface area (Å²) in [5.74, 6) is -0.847. The average molecular weight is 398 g/mol. The fraction of sp³-hybridized carbons (Fsp3) is 0.533. The Kier molecular flexibility index (Phi) is 6.27. The van der Waals surface area contributed by atoms with Gasteiger partial charge in [0.15, 0.2) is 12.4 Å². The van der Waals surface area contributed by atoms with Crippen LogP contribution in [0, 0.1) is 0 Å². The highest BCUT2D eigenvalue weighted by Crippen LogP contribution is 2.32. The van der Waals surface area contributed by atoms with E-state index in [0.29, 0.717) is 0 Å². The van der Waals surface area contributed by atoms with Gasteiger partial charge in [0, 0.05) is 13.5 Å². The van der Waals surface area contributed by atoms with Crippen molar-refractivity contribution in [2.24, 2.45) is 0 Å². The van der Waals surface area contributed by atoms with Gasteiger partial charge in [0.25, 0.3) is 0 Å². The number of ether oxygens (including phenoxy) is 3. The Morgan fingerprint density at radius 3 is 2.38 bits per heavy atom. The van der Waals surface area contributed by atoms with E-state index in [1.54, 1.807) is 18.2 Å². The maximum absolute atomic E-state index is 12.6. The first-order valence-electron chi connectivity index (χ1n) is 7.49. The quantitative estimate of drug-likeness (QED) is 0.427. The molecule has 146 valence electrons. The summed E-state index contributed by atoms with van der Waals surface area (Å²) in [5.41, 5.74) is -5.46. The van der Waals surface area contributed by atoms with Gasteiger partial charge in [0.1, 0.15) is 6.10 Å². The molecule has 2 rings (SSSR count). The number of carbonyl (C=O) groups excluding carboxylic acids is 1. The van der Waals surface area contributed by atoms with Crippen LogP contribution < -0.4 is 0 Å². The average Bonchev–Trinajstić information content (AvgIpc) is 2.57. The molecular weight excluding hydrogens is 381 g/mol. The lowest BCUT2D eigenvalue weighted by Gasteiger charge is -2.38. The van der Waals surface area contributed by atoms with Gasteiger partial charge in [0.2, 0.25) is 0 Å². The summed E-state index contributed by atoms with van der Waals surface area (Å²) in [6, 6.07) is 7.68. The van der Waals surface area contributed by atoms with Crippen LogP contribution in [0.5, 0.6) is 0 Å². The Balaban J connectivity index is 2.23. The normalized spacial score (nSPS) is 27.1. The highest BCUT2D eigenvalue weighted by atomic mass is 32.2. The van der Waals surface area contributed by atoms with Crippen molar-refractivity contribution in [3.8, 4) is 0 Å². The molecule has 7 nitrogen and oxygen atoms in total. The first-order chi connectivity index (χ1) is 12.0. The third kappa shape index (κ3) is 4.72. The van der Waals surface area contributed by atoms with Gasteiger partial charge in [-0.3, -0.25) is 4.18 Å². The largest absolute Gasteiger partial charge is 0.523 e. The summed E-state index contributed by atoms with van der Waals surface area (Å²) in [7, 11) is -4.65. The highest BCUT2D eigenvalue weighted by molar-refractivity contribution is 7.87. The second kappa shape index (κ2) is 7.91. The molecule has 0 saturated carbocycles. The summed E-state index contributed by atoms with van der Waals surface area (Å²) in [4.78, 5) is 12.2. The van der Waals surface area contributed by atoms with E-state index in [1.165, 1.54) is 26.2 Å². The van der Waals surface area contributed by atoms with E-state index in [0.717, 1.165) is 0 Å². The predicted octanol–water partition coefficient (Wildman–Crippen LogP) is 2.23. The molecule has 0 N–H and O–H groups in total. The third-order valence-corrected chi connectivity index (χ3v) is 4.74. The molecule has 0 bridgehead atoms. The van der Waals surface area contributed by atoms with E-state index in [4.69, 9.17) is 14.2 Å². The minimum absolute atomic E-state index is 0.144. The van der Waals surface area contributed by atoms with E-state index >= 15 is 0 Å². The molecule has 11 heteroatoms. The van der Waals surface area contributed by atoms with Gasteiger partial charge in [-0.25, -0.2) is 4.79 Å². The van der Waals surface area contributed by atoms with Crippen molar-refractivity contribution in [2.75, 3.05) is 7.11 Å². The maximum Gasteiger partial charge on any atom is 0.523 e. The number of esters is 1. The van der Waals surface area contributed by atoms with Crippen molar-refractivity contribution in [2.45, 2.75) is 43.5 Å². The molecule has 1 saturated heterocycles. The first-order valence-corrected chi connectivity index (χ1v) is 8.90. The highest BCUT2D eigenvalue weighted by Gasteiger charge is 2.52. The van der Waals surface area contributed by atoms with Gasteiger partial charge in [-0.15, -0.1) is 0 Å². The van der Waals surface area contributed by atoms with Crippen molar-refractivity contribution in [1.82, 2.24) is 0 Å². The van der Waals surface area contributed by atoms with Crippen molar-refractivity contribution in [1.29, 1.82) is 0 Å². The molecule has 0 spiro atoms. The van der Waals surface area contributed by atoms with Crippen molar-refractivity contribution in [3.63, 3.8) is 0 Å². The smallest absolute Gasteiger partial charge is 0.453 e. The Morgan fingerprint density at radius 2 is 1.85 bits per heavy atom. The molecule has 1 aromatic carbocycles. The van der Waals surface area contributed by atoms with Crippen LogP contribution in [0.3, 0.4) is 0 Å². The SMILES string of the molecule is CO[C@H]1C[C@@H](OS(=O)(=O)C(F)(F)F)[C@H](OC(=O)c2ccccc2)[C@@H](C)O1. The number of carbonyl (C=O) groups is 1. The minimum atomic E-state index is -5.89. The second-order valence-corrected chi connectivity index (χ2v) is 7.08. The summed E-state index contributed by atoms with van der Waals surface area (Å²) in [5, 5.41) is 0. The Hall–Kier alpha value is -1.69. The number of methoxy groups -OCH3 is 1. The Labute approximate surface area is 148 Å². The fourth-order valence-corrected chi connectivity index (χ4v) is 3.02. The molecule has 1 fully saturated rings. The van der Waals surface area contributed by atoms with Crippen LogP contribution >= 0.6 is 0 Å². The second-order valence-electron chi connectivity index (χ2n) is 5.51. The molecule has 4 atom stereocenters. The molecular formula is C15H17F3O7S. The monoisotopic (exact) mass is 398 g/mol. The van der Waals surface area contributed by atoms with E-state index in [2.05, 4.69) is 4.18 Å². The molecule has 26 heavy (non-hydrogen) atoms. The molecule has 0 aliphatic carbocycles. The molecule has 0 aromatic heterocycles. The van der Waals surface area contributed by atoms with Gasteiger partial charge < -0.3 is 14.2 Å². The zero-order valence-electron chi connectivity index (χ0n) is 13.8. The number of alkyl halides is 3. The van der Waals surface area contributed by atoms with E-state index in [1.807, 2.05) is 0 Å². The van der Waals surface area contributed by atoms with Gasteiger partial charge in [0.05, 0.1) is 11.7 Å². The van der Waals surface area contributed by atoms with Crippen molar-refractivity contribution < 1.29 is 44.8 Å². The van der Waals surface area contributed by atoms with Crippen LogP contribution in [0.4, 0.5) is 13.2 Å². The summed E-state index contributed by atoms with van der Waals surface area (Å²) >= 11 is 0. The first kappa shape index (κ1) is 20.6. The molecule has 1 aromatic rings. The zero-order chi connectivity index (χ0) is 19.5. The standard InChI is InChI=1S/C15H17F3O7S/c1-9-13(24-14(19)10-6-4-3-5-7-10)11(8-12(22-2)23-9)25-26(20,21)15(16,17)18/h3-7,9,11-13H,8H2,1-2H3/t9-,11-,12-,13-/m1/s1. The minimum Gasteiger partial charge on any atom is -0.453 e. The number of hydrogen-bond acceptors (Lipinski definition) is 7. The summed E-state index contributed by atoms with van der Waals surface area (Å²) in [6.45, 7) is 1.41. The fourth-order valence-electron chi connectivity index (χ4n) is 2.40. The van der Waals surface area contributed by atoms with Crippen LogP contribution in [0.15, 0.2) is 30.3 Å². The number of hydrogen-bond donors (Lipinski definition) is 0. The molecule has 0 amide bonds. The molecule has 1 aliphatic rings. The topological polar surface area (TPSA) is 88.1 Å². The van der Waals surface area contributed by atoms with Gasteiger partial charge >= 0.3 is 21.6 Å². The van der Waals surface area contributed by atoms with Crippen LogP contribution in [0.25, 0.3) is 0 Å². The third-order valence-electron chi connectivity index (χ3n) is 3.67. The number of benzene rings is 1. The van der Waals surface area contributed by atoms with Crippen LogP contribution in [0.2, 0.25) is 0 Å². The summed E-state index contributed by atoms with van der Waals surface area (Å²) < 4.78 is 80.4. The zero-order valence-corrected chi connectivity index (χ0v) is 14.6. The Bertz CT molecular complexity index is 721. The van der Waals surface area contributed by atoms with Crippen molar-refractivity contribution in [3.05, 3.63) is 35.9 Å². The van der Waals surface area contributed by atoms with Crippen LogP contribution in [-0.2, 0) is 28.5 Å². The Morgan fingerprint density at radius 1 is 1.23 bits per heavy atom. The predicted molar refractivity (Wildman–Crippen MR) is 81.5 cm³/mol. The van der Waals surface area contributed by atoms with Gasteiger partial charge in [-0.05, 0) is 19.1 Å². The molecule has 0 radical (unpaired) electrons. The lowest BCUT2D eigenvalue weighted by molar-refractivity contribution is -0.233. The van der Waals surface area contributed by atoms with E-state index in [9.17, 15) is 26.4 Å². The number of rotatable bonds is 5. The lowest BCUT2D eigenvalue weighted by Crippen LogP contribution is -2.52.